The van der Waals surface area contributed by atoms with Gasteiger partial charge in [-0.3, -0.25) is 0 Å². The predicted molar refractivity (Wildman–Crippen MR) is 94.8 cm³/mol. The molecule has 3 aromatic rings. The highest BCUT2D eigenvalue weighted by molar-refractivity contribution is 5.69. The molecule has 26 heavy (non-hydrogen) atoms. The monoisotopic (exact) mass is 352 g/mol. The van der Waals surface area contributed by atoms with Gasteiger partial charge in [0.1, 0.15) is 11.6 Å². The molecule has 4 heterocycles. The number of hydrogen-bond acceptors (Lipinski definition) is 7. The molecule has 0 spiro atoms. The van der Waals surface area contributed by atoms with Gasteiger partial charge in [0.15, 0.2) is 11.6 Å². The molecule has 8 heteroatoms. The normalized spacial score (nSPS) is 19.9. The lowest BCUT2D eigenvalue weighted by Crippen LogP contribution is -2.26. The van der Waals surface area contributed by atoms with Crippen molar-refractivity contribution in [1.82, 2.24) is 24.6 Å². The number of ether oxygens (including phenoxy) is 2. The molecule has 1 saturated heterocycles. The van der Waals surface area contributed by atoms with Crippen molar-refractivity contribution in [2.24, 2.45) is 0 Å². The van der Waals surface area contributed by atoms with E-state index in [2.05, 4.69) is 25.9 Å². The molecule has 1 unspecified atom stereocenters. The molecule has 0 N–H and O–H groups in total. The number of aromatic nitrogens is 5. The summed E-state index contributed by atoms with van der Waals surface area (Å²) < 4.78 is 12.9. The largest absolute Gasteiger partial charge is 0.494 e. The first-order valence-electron chi connectivity index (χ1n) is 8.92. The number of rotatable bonds is 5. The molecule has 0 amide bonds. The minimum atomic E-state index is 0.0382. The van der Waals surface area contributed by atoms with Gasteiger partial charge in [-0.15, -0.1) is 0 Å². The molecule has 5 rings (SSSR count). The highest BCUT2D eigenvalue weighted by Crippen LogP contribution is 2.40. The topological polar surface area (TPSA) is 77.7 Å². The Hall–Kier alpha value is -2.90. The average Bonchev–Trinajstić information content (AvgIpc) is 3.26. The molecule has 8 nitrogen and oxygen atoms in total. The summed E-state index contributed by atoms with van der Waals surface area (Å²) >= 11 is 0. The maximum atomic E-state index is 5.92. The maximum absolute atomic E-state index is 5.92. The molecule has 2 aliphatic rings. The molecule has 0 aromatic carbocycles. The molecular formula is C18H20N6O2. The van der Waals surface area contributed by atoms with Crippen molar-refractivity contribution in [2.75, 3.05) is 25.1 Å². The van der Waals surface area contributed by atoms with Crippen LogP contribution in [0.4, 0.5) is 5.82 Å². The van der Waals surface area contributed by atoms with Gasteiger partial charge in [0.2, 0.25) is 0 Å². The second-order valence-electron chi connectivity index (χ2n) is 6.80. The quantitative estimate of drug-likeness (QED) is 0.695. The minimum absolute atomic E-state index is 0.0382. The first-order valence-corrected chi connectivity index (χ1v) is 8.92. The van der Waals surface area contributed by atoms with E-state index in [4.69, 9.17) is 14.6 Å². The zero-order chi connectivity index (χ0) is 17.5. The van der Waals surface area contributed by atoms with E-state index >= 15 is 0 Å². The van der Waals surface area contributed by atoms with Gasteiger partial charge in [0.05, 0.1) is 31.7 Å². The SMILES string of the molecule is COc1cnc(OC2CCN(c3nccn4nc(C5CC5)cc34)C2)nc1. The molecule has 3 aromatic heterocycles. The van der Waals surface area contributed by atoms with E-state index in [1.807, 2.05) is 16.9 Å². The van der Waals surface area contributed by atoms with Crippen molar-refractivity contribution in [3.8, 4) is 11.8 Å². The van der Waals surface area contributed by atoms with Crippen molar-refractivity contribution in [3.05, 3.63) is 36.5 Å². The Kier molecular flexibility index (Phi) is 3.62. The summed E-state index contributed by atoms with van der Waals surface area (Å²) in [6, 6.07) is 2.56. The van der Waals surface area contributed by atoms with Crippen LogP contribution in [0.25, 0.3) is 5.52 Å². The van der Waals surface area contributed by atoms with E-state index in [9.17, 15) is 0 Å². The van der Waals surface area contributed by atoms with Gasteiger partial charge in [-0.1, -0.05) is 0 Å². The molecule has 0 radical (unpaired) electrons. The molecule has 1 atom stereocenters. The number of hydrogen-bond donors (Lipinski definition) is 0. The van der Waals surface area contributed by atoms with E-state index in [0.717, 1.165) is 30.8 Å². The van der Waals surface area contributed by atoms with Crippen LogP contribution >= 0.6 is 0 Å². The fraction of sp³-hybridized carbons (Fsp3) is 0.444. The molecule has 1 saturated carbocycles. The van der Waals surface area contributed by atoms with E-state index in [-0.39, 0.29) is 6.10 Å². The Bertz CT molecular complexity index is 921. The van der Waals surface area contributed by atoms with Crippen molar-refractivity contribution in [2.45, 2.75) is 31.3 Å². The van der Waals surface area contributed by atoms with E-state index in [1.54, 1.807) is 19.5 Å². The summed E-state index contributed by atoms with van der Waals surface area (Å²) in [4.78, 5) is 15.2. The zero-order valence-corrected chi connectivity index (χ0v) is 14.6. The molecule has 1 aliphatic carbocycles. The van der Waals surface area contributed by atoms with E-state index in [1.165, 1.54) is 18.5 Å². The number of anilines is 1. The molecule has 134 valence electrons. The van der Waals surface area contributed by atoms with Gasteiger partial charge in [-0.2, -0.15) is 15.1 Å². The molecule has 1 aliphatic heterocycles. The van der Waals surface area contributed by atoms with Gasteiger partial charge >= 0.3 is 6.01 Å². The molecule has 2 fully saturated rings. The molecular weight excluding hydrogens is 332 g/mol. The van der Waals surface area contributed by atoms with Crippen molar-refractivity contribution >= 4 is 11.3 Å². The second-order valence-corrected chi connectivity index (χ2v) is 6.80. The Morgan fingerprint density at radius 2 is 1.96 bits per heavy atom. The highest BCUT2D eigenvalue weighted by Gasteiger charge is 2.30. The summed E-state index contributed by atoms with van der Waals surface area (Å²) in [5.74, 6) is 2.21. The van der Waals surface area contributed by atoms with Gasteiger partial charge in [-0.05, 0) is 18.9 Å². The minimum Gasteiger partial charge on any atom is -0.494 e. The van der Waals surface area contributed by atoms with Crippen LogP contribution in [-0.4, -0.2) is 50.9 Å². The third kappa shape index (κ3) is 2.81. The third-order valence-electron chi connectivity index (χ3n) is 4.94. The highest BCUT2D eigenvalue weighted by atomic mass is 16.5. The van der Waals surface area contributed by atoms with Crippen molar-refractivity contribution in [3.63, 3.8) is 0 Å². The van der Waals surface area contributed by atoms with Crippen LogP contribution in [0.3, 0.4) is 0 Å². The van der Waals surface area contributed by atoms with Crippen LogP contribution in [0.15, 0.2) is 30.9 Å². The second kappa shape index (κ2) is 6.12. The van der Waals surface area contributed by atoms with Crippen LogP contribution in [0, 0.1) is 0 Å². The summed E-state index contributed by atoms with van der Waals surface area (Å²) in [5.41, 5.74) is 2.24. The lowest BCUT2D eigenvalue weighted by atomic mass is 10.3. The number of methoxy groups -OCH3 is 1. The lowest BCUT2D eigenvalue weighted by molar-refractivity contribution is 0.205. The number of nitrogens with zero attached hydrogens (tertiary/aromatic N) is 6. The van der Waals surface area contributed by atoms with Gasteiger partial charge < -0.3 is 14.4 Å². The summed E-state index contributed by atoms with van der Waals surface area (Å²) in [6.07, 6.45) is 10.4. The Labute approximate surface area is 150 Å². The molecule has 0 bridgehead atoms. The Morgan fingerprint density at radius 3 is 2.73 bits per heavy atom. The smallest absolute Gasteiger partial charge is 0.316 e. The summed E-state index contributed by atoms with van der Waals surface area (Å²) in [6.45, 7) is 1.64. The van der Waals surface area contributed by atoms with E-state index in [0.29, 0.717) is 17.7 Å². The average molecular weight is 352 g/mol. The Morgan fingerprint density at radius 1 is 1.12 bits per heavy atom. The summed E-state index contributed by atoms with van der Waals surface area (Å²) in [7, 11) is 1.59. The van der Waals surface area contributed by atoms with Gasteiger partial charge in [-0.25, -0.2) is 9.50 Å². The van der Waals surface area contributed by atoms with Crippen LogP contribution in [-0.2, 0) is 0 Å². The fourth-order valence-electron chi connectivity index (χ4n) is 3.39. The lowest BCUT2D eigenvalue weighted by Gasteiger charge is -2.18. The summed E-state index contributed by atoms with van der Waals surface area (Å²) in [5, 5.41) is 4.70. The van der Waals surface area contributed by atoms with E-state index < -0.39 is 0 Å². The third-order valence-corrected chi connectivity index (χ3v) is 4.94. The van der Waals surface area contributed by atoms with Crippen LogP contribution in [0.1, 0.15) is 30.9 Å². The first kappa shape index (κ1) is 15.4. The van der Waals surface area contributed by atoms with Crippen molar-refractivity contribution in [1.29, 1.82) is 0 Å². The first-order chi connectivity index (χ1) is 12.8. The standard InChI is InChI=1S/C18H20N6O2/c1-25-14-9-20-18(21-10-14)26-13-4-6-23(11-13)17-16-8-15(12-2-3-12)22-24(16)7-5-19-17/h5,7-10,12-13H,2-4,6,11H2,1H3. The zero-order valence-electron chi connectivity index (χ0n) is 14.6. The van der Waals surface area contributed by atoms with Gasteiger partial charge in [0.25, 0.3) is 0 Å². The fourth-order valence-corrected chi connectivity index (χ4v) is 3.39. The Balaban J connectivity index is 1.33. The van der Waals surface area contributed by atoms with Crippen LogP contribution < -0.4 is 14.4 Å². The predicted octanol–water partition coefficient (Wildman–Crippen LogP) is 2.06. The van der Waals surface area contributed by atoms with Crippen LogP contribution in [0.5, 0.6) is 11.8 Å². The maximum Gasteiger partial charge on any atom is 0.316 e. The van der Waals surface area contributed by atoms with Crippen LogP contribution in [0.2, 0.25) is 0 Å². The van der Waals surface area contributed by atoms with Gasteiger partial charge in [0, 0.05) is 31.3 Å². The van der Waals surface area contributed by atoms with Crippen molar-refractivity contribution < 1.29 is 9.47 Å². The number of fused-ring (bicyclic) bond motifs is 1.